The van der Waals surface area contributed by atoms with Gasteiger partial charge in [-0.05, 0) is 25.8 Å². The van der Waals surface area contributed by atoms with Crippen LogP contribution in [0, 0.1) is 16.0 Å². The van der Waals surface area contributed by atoms with Crippen molar-refractivity contribution in [3.05, 3.63) is 28.3 Å². The van der Waals surface area contributed by atoms with Gasteiger partial charge < -0.3 is 15.8 Å². The summed E-state index contributed by atoms with van der Waals surface area (Å²) in [6.07, 6.45) is 0. The predicted octanol–water partition coefficient (Wildman–Crippen LogP) is 2.78. The van der Waals surface area contributed by atoms with E-state index in [2.05, 4.69) is 19.2 Å². The molecule has 6 nitrogen and oxygen atoms in total. The molecule has 0 saturated carbocycles. The number of anilines is 1. The van der Waals surface area contributed by atoms with Crippen molar-refractivity contribution in [2.24, 2.45) is 11.7 Å². The van der Waals surface area contributed by atoms with E-state index in [1.165, 1.54) is 6.07 Å². The molecule has 0 aliphatic carbocycles. The highest BCUT2D eigenvalue weighted by Crippen LogP contribution is 2.32. The summed E-state index contributed by atoms with van der Waals surface area (Å²) < 4.78 is 5.33. The van der Waals surface area contributed by atoms with E-state index in [1.54, 1.807) is 19.1 Å². The smallest absolute Gasteiger partial charge is 0.311 e. The Morgan fingerprint density at radius 3 is 2.60 bits per heavy atom. The molecule has 6 heteroatoms. The van der Waals surface area contributed by atoms with Gasteiger partial charge in [-0.2, -0.15) is 0 Å². The molecule has 1 aromatic carbocycles. The highest BCUT2D eigenvalue weighted by molar-refractivity contribution is 5.59. The Balaban J connectivity index is 3.09. The Bertz CT molecular complexity index is 477. The molecule has 0 fully saturated rings. The first-order chi connectivity index (χ1) is 9.34. The second-order valence-electron chi connectivity index (χ2n) is 5.27. The molecule has 1 atom stereocenters. The van der Waals surface area contributed by atoms with E-state index in [1.807, 2.05) is 6.92 Å². The molecule has 0 aromatic heterocycles. The second kappa shape index (κ2) is 6.56. The first-order valence-corrected chi connectivity index (χ1v) is 6.73. The number of ether oxygens (including phenoxy) is 1. The van der Waals surface area contributed by atoms with Crippen molar-refractivity contribution in [3.63, 3.8) is 0 Å². The summed E-state index contributed by atoms with van der Waals surface area (Å²) in [5.74, 6) is 0.587. The van der Waals surface area contributed by atoms with Gasteiger partial charge in [0, 0.05) is 29.9 Å². The third-order valence-corrected chi connectivity index (χ3v) is 3.58. The van der Waals surface area contributed by atoms with Crippen LogP contribution in [0.3, 0.4) is 0 Å². The Morgan fingerprint density at radius 1 is 1.50 bits per heavy atom. The molecule has 20 heavy (non-hydrogen) atoms. The van der Waals surface area contributed by atoms with Gasteiger partial charge in [0.1, 0.15) is 0 Å². The van der Waals surface area contributed by atoms with Gasteiger partial charge in [0.25, 0.3) is 0 Å². The number of hydrogen-bond donors (Lipinski definition) is 2. The number of rotatable bonds is 7. The molecule has 0 bridgehead atoms. The quantitative estimate of drug-likeness (QED) is 0.592. The number of hydrogen-bond acceptors (Lipinski definition) is 5. The Labute approximate surface area is 119 Å². The van der Waals surface area contributed by atoms with Crippen LogP contribution in [0.1, 0.15) is 27.7 Å². The highest BCUT2D eigenvalue weighted by Gasteiger charge is 2.27. The van der Waals surface area contributed by atoms with Crippen molar-refractivity contribution < 1.29 is 9.66 Å². The third kappa shape index (κ3) is 3.60. The number of nitrogens with zero attached hydrogens (tertiary/aromatic N) is 1. The summed E-state index contributed by atoms with van der Waals surface area (Å²) in [5.41, 5.74) is 6.28. The molecule has 0 amide bonds. The maximum absolute atomic E-state index is 10.9. The molecule has 0 radical (unpaired) electrons. The number of benzene rings is 1. The summed E-state index contributed by atoms with van der Waals surface area (Å²) in [4.78, 5) is 10.5. The zero-order valence-corrected chi connectivity index (χ0v) is 12.5. The highest BCUT2D eigenvalue weighted by atomic mass is 16.6. The minimum Gasteiger partial charge on any atom is -0.487 e. The molecule has 0 aliphatic rings. The molecule has 0 spiro atoms. The molecule has 1 unspecified atom stereocenters. The van der Waals surface area contributed by atoms with Crippen LogP contribution in [-0.4, -0.2) is 23.6 Å². The number of nitro benzene ring substituents is 1. The molecule has 0 heterocycles. The van der Waals surface area contributed by atoms with Crippen molar-refractivity contribution in [3.8, 4) is 5.75 Å². The number of nitro groups is 1. The molecule has 3 N–H and O–H groups in total. The molecular formula is C14H23N3O3. The molecule has 0 saturated heterocycles. The normalized spacial score (nSPS) is 13.9. The van der Waals surface area contributed by atoms with E-state index in [4.69, 9.17) is 10.5 Å². The van der Waals surface area contributed by atoms with Crippen molar-refractivity contribution >= 4 is 11.4 Å². The summed E-state index contributed by atoms with van der Waals surface area (Å²) in [6, 6.07) is 4.78. The molecule has 0 aliphatic heterocycles. The zero-order chi connectivity index (χ0) is 15.3. The SMILES string of the molecule is CCOc1cc(NC(C)(CN)C(C)C)ccc1[N+](=O)[O-]. The summed E-state index contributed by atoms with van der Waals surface area (Å²) >= 11 is 0. The van der Waals surface area contributed by atoms with Crippen molar-refractivity contribution in [2.75, 3.05) is 18.5 Å². The Kier molecular flexibility index (Phi) is 5.33. The number of nitrogens with one attached hydrogen (secondary N) is 1. The van der Waals surface area contributed by atoms with Crippen LogP contribution < -0.4 is 15.8 Å². The Hall–Kier alpha value is -1.82. The lowest BCUT2D eigenvalue weighted by Crippen LogP contribution is -2.47. The van der Waals surface area contributed by atoms with E-state index in [0.29, 0.717) is 19.1 Å². The maximum atomic E-state index is 10.9. The summed E-state index contributed by atoms with van der Waals surface area (Å²) in [7, 11) is 0. The lowest BCUT2D eigenvalue weighted by Gasteiger charge is -2.34. The second-order valence-corrected chi connectivity index (χ2v) is 5.27. The minimum absolute atomic E-state index is 0.0311. The summed E-state index contributed by atoms with van der Waals surface area (Å²) in [5, 5.41) is 14.3. The fraction of sp³-hybridized carbons (Fsp3) is 0.571. The fourth-order valence-corrected chi connectivity index (χ4v) is 1.77. The van der Waals surface area contributed by atoms with Gasteiger partial charge >= 0.3 is 5.69 Å². The van der Waals surface area contributed by atoms with Crippen LogP contribution in [0.15, 0.2) is 18.2 Å². The van der Waals surface area contributed by atoms with E-state index < -0.39 is 4.92 Å². The lowest BCUT2D eigenvalue weighted by molar-refractivity contribution is -0.385. The van der Waals surface area contributed by atoms with Gasteiger partial charge in [0.2, 0.25) is 0 Å². The number of nitrogens with two attached hydrogens (primary N) is 1. The fourth-order valence-electron chi connectivity index (χ4n) is 1.77. The van der Waals surface area contributed by atoms with Gasteiger partial charge in [0.15, 0.2) is 5.75 Å². The summed E-state index contributed by atoms with van der Waals surface area (Å²) in [6.45, 7) is 8.82. The first kappa shape index (κ1) is 16.2. The van der Waals surface area contributed by atoms with Gasteiger partial charge in [-0.1, -0.05) is 13.8 Å². The monoisotopic (exact) mass is 281 g/mol. The van der Waals surface area contributed by atoms with E-state index in [-0.39, 0.29) is 17.0 Å². The zero-order valence-electron chi connectivity index (χ0n) is 12.5. The maximum Gasteiger partial charge on any atom is 0.311 e. The van der Waals surface area contributed by atoms with Crippen molar-refractivity contribution in [1.82, 2.24) is 0 Å². The van der Waals surface area contributed by atoms with Crippen LogP contribution in [0.4, 0.5) is 11.4 Å². The lowest BCUT2D eigenvalue weighted by atomic mass is 9.88. The first-order valence-electron chi connectivity index (χ1n) is 6.73. The van der Waals surface area contributed by atoms with Gasteiger partial charge in [-0.25, -0.2) is 0 Å². The Morgan fingerprint density at radius 2 is 2.15 bits per heavy atom. The van der Waals surface area contributed by atoms with Gasteiger partial charge in [-0.15, -0.1) is 0 Å². The van der Waals surface area contributed by atoms with E-state index in [9.17, 15) is 10.1 Å². The average molecular weight is 281 g/mol. The van der Waals surface area contributed by atoms with Gasteiger partial charge in [0.05, 0.1) is 11.5 Å². The molecule has 112 valence electrons. The van der Waals surface area contributed by atoms with Gasteiger partial charge in [-0.3, -0.25) is 10.1 Å². The van der Waals surface area contributed by atoms with Crippen LogP contribution >= 0.6 is 0 Å². The van der Waals surface area contributed by atoms with E-state index in [0.717, 1.165) is 5.69 Å². The minimum atomic E-state index is -0.445. The van der Waals surface area contributed by atoms with Crippen LogP contribution in [0.5, 0.6) is 5.75 Å². The largest absolute Gasteiger partial charge is 0.487 e. The van der Waals surface area contributed by atoms with E-state index >= 15 is 0 Å². The van der Waals surface area contributed by atoms with Crippen molar-refractivity contribution in [2.45, 2.75) is 33.2 Å². The standard InChI is InChI=1S/C14H23N3O3/c1-5-20-13-8-11(6-7-12(13)17(18)19)16-14(4,9-15)10(2)3/h6-8,10,16H,5,9,15H2,1-4H3. The third-order valence-electron chi connectivity index (χ3n) is 3.58. The van der Waals surface area contributed by atoms with Crippen LogP contribution in [0.25, 0.3) is 0 Å². The molecule has 1 rings (SSSR count). The molecule has 1 aromatic rings. The molecular weight excluding hydrogens is 258 g/mol. The van der Waals surface area contributed by atoms with Crippen LogP contribution in [-0.2, 0) is 0 Å². The topological polar surface area (TPSA) is 90.4 Å². The van der Waals surface area contributed by atoms with Crippen molar-refractivity contribution in [1.29, 1.82) is 0 Å². The van der Waals surface area contributed by atoms with Crippen LogP contribution in [0.2, 0.25) is 0 Å². The average Bonchev–Trinajstić information content (AvgIpc) is 2.38. The predicted molar refractivity (Wildman–Crippen MR) is 80.2 cm³/mol.